The van der Waals surface area contributed by atoms with Gasteiger partial charge in [0, 0.05) is 38.3 Å². The van der Waals surface area contributed by atoms with Gasteiger partial charge in [-0.25, -0.2) is 0 Å². The summed E-state index contributed by atoms with van der Waals surface area (Å²) in [6.45, 7) is 2.35. The molecule has 1 N–H and O–H groups in total. The Morgan fingerprint density at radius 1 is 1.04 bits per heavy atom. The number of halogens is 3. The number of nitrogens with zero attached hydrogens (tertiary/aromatic N) is 1. The fourth-order valence-electron chi connectivity index (χ4n) is 2.99. The van der Waals surface area contributed by atoms with Crippen LogP contribution < -0.4 is 19.5 Å². The summed E-state index contributed by atoms with van der Waals surface area (Å²) in [7, 11) is 4.34. The van der Waals surface area contributed by atoms with Crippen LogP contribution in [0.1, 0.15) is 18.0 Å². The van der Waals surface area contributed by atoms with Gasteiger partial charge < -0.3 is 19.5 Å². The number of piperazine rings is 1. The molecule has 1 fully saturated rings. The second-order valence-corrected chi connectivity index (χ2v) is 5.57. The fourth-order valence-corrected chi connectivity index (χ4v) is 2.99. The molecule has 0 aliphatic carbocycles. The lowest BCUT2D eigenvalue weighted by atomic mass is 9.98. The van der Waals surface area contributed by atoms with E-state index in [1.807, 2.05) is 4.90 Å². The van der Waals surface area contributed by atoms with Crippen molar-refractivity contribution in [3.63, 3.8) is 0 Å². The van der Waals surface area contributed by atoms with Gasteiger partial charge in [-0.2, -0.15) is 13.2 Å². The van der Waals surface area contributed by atoms with Crippen LogP contribution in [0.2, 0.25) is 0 Å². The number of hydrogen-bond donors (Lipinski definition) is 1. The van der Waals surface area contributed by atoms with Gasteiger partial charge in [-0.05, 0) is 0 Å². The minimum absolute atomic E-state index is 0.332. The third-order valence-electron chi connectivity index (χ3n) is 4.10. The van der Waals surface area contributed by atoms with Crippen molar-refractivity contribution < 1.29 is 27.4 Å². The summed E-state index contributed by atoms with van der Waals surface area (Å²) in [5.41, 5.74) is 0.403. The van der Waals surface area contributed by atoms with Gasteiger partial charge in [-0.1, -0.05) is 0 Å². The van der Waals surface area contributed by atoms with Crippen LogP contribution in [0, 0.1) is 0 Å². The number of alkyl halides is 3. The molecule has 24 heavy (non-hydrogen) atoms. The van der Waals surface area contributed by atoms with E-state index < -0.39 is 18.6 Å². The molecule has 0 amide bonds. The zero-order chi connectivity index (χ0) is 17.7. The maximum atomic E-state index is 13.2. The summed E-state index contributed by atoms with van der Waals surface area (Å²) in [6, 6.07) is 2.30. The Balaban J connectivity index is 2.50. The van der Waals surface area contributed by atoms with Crippen molar-refractivity contribution >= 4 is 0 Å². The SMILES string of the molecule is COc1cc(OC)c([C@@H](CC(F)(F)F)N2CCNCC2)c(OC)c1. The zero-order valence-electron chi connectivity index (χ0n) is 14.1. The number of methoxy groups -OCH3 is 3. The zero-order valence-corrected chi connectivity index (χ0v) is 14.1. The van der Waals surface area contributed by atoms with Crippen molar-refractivity contribution in [2.45, 2.75) is 18.6 Å². The van der Waals surface area contributed by atoms with Crippen molar-refractivity contribution in [2.24, 2.45) is 0 Å². The first-order chi connectivity index (χ1) is 11.4. The van der Waals surface area contributed by atoms with Gasteiger partial charge in [0.05, 0.1) is 39.4 Å². The number of ether oxygens (including phenoxy) is 3. The van der Waals surface area contributed by atoms with E-state index >= 15 is 0 Å². The molecule has 8 heteroatoms. The van der Waals surface area contributed by atoms with Crippen molar-refractivity contribution in [3.05, 3.63) is 17.7 Å². The van der Waals surface area contributed by atoms with Gasteiger partial charge in [-0.15, -0.1) is 0 Å². The van der Waals surface area contributed by atoms with Crippen molar-refractivity contribution in [3.8, 4) is 17.2 Å². The molecular formula is C16H23F3N2O3. The summed E-state index contributed by atoms with van der Waals surface area (Å²) < 4.78 is 55.5. The molecule has 1 aliphatic heterocycles. The highest BCUT2D eigenvalue weighted by atomic mass is 19.4. The number of hydrogen-bond acceptors (Lipinski definition) is 5. The second kappa shape index (κ2) is 7.94. The van der Waals surface area contributed by atoms with Crippen LogP contribution in [0.15, 0.2) is 12.1 Å². The highest BCUT2D eigenvalue weighted by Crippen LogP contribution is 2.44. The maximum Gasteiger partial charge on any atom is 0.390 e. The molecule has 1 saturated heterocycles. The monoisotopic (exact) mass is 348 g/mol. The molecule has 5 nitrogen and oxygen atoms in total. The third kappa shape index (κ3) is 4.45. The van der Waals surface area contributed by atoms with Gasteiger partial charge in [0.2, 0.25) is 0 Å². The fraction of sp³-hybridized carbons (Fsp3) is 0.625. The highest BCUT2D eigenvalue weighted by Gasteiger charge is 2.38. The first-order valence-corrected chi connectivity index (χ1v) is 7.71. The maximum absolute atomic E-state index is 13.2. The molecule has 1 atom stereocenters. The number of benzene rings is 1. The lowest BCUT2D eigenvalue weighted by molar-refractivity contribution is -0.149. The lowest BCUT2D eigenvalue weighted by Crippen LogP contribution is -2.46. The number of nitrogens with one attached hydrogen (secondary N) is 1. The van der Waals surface area contributed by atoms with E-state index in [9.17, 15) is 13.2 Å². The molecule has 1 aromatic rings. The molecule has 0 spiro atoms. The van der Waals surface area contributed by atoms with Crippen molar-refractivity contribution in [1.82, 2.24) is 10.2 Å². The molecule has 136 valence electrons. The van der Waals surface area contributed by atoms with Crippen LogP contribution in [-0.2, 0) is 0 Å². The number of rotatable bonds is 6. The smallest absolute Gasteiger partial charge is 0.390 e. The molecule has 1 aromatic carbocycles. The first-order valence-electron chi connectivity index (χ1n) is 7.71. The van der Waals surface area contributed by atoms with E-state index in [2.05, 4.69) is 5.32 Å². The molecular weight excluding hydrogens is 325 g/mol. The van der Waals surface area contributed by atoms with E-state index in [1.165, 1.54) is 21.3 Å². The van der Waals surface area contributed by atoms with Crippen molar-refractivity contribution in [2.75, 3.05) is 47.5 Å². The molecule has 0 aromatic heterocycles. The first kappa shape index (κ1) is 18.7. The topological polar surface area (TPSA) is 43.0 Å². The van der Waals surface area contributed by atoms with Crippen LogP contribution in [0.5, 0.6) is 17.2 Å². The van der Waals surface area contributed by atoms with Gasteiger partial charge in [0.15, 0.2) is 0 Å². The second-order valence-electron chi connectivity index (χ2n) is 5.57. The molecule has 0 unspecified atom stereocenters. The Kier molecular flexibility index (Phi) is 6.17. The van der Waals surface area contributed by atoms with Crippen LogP contribution in [0.3, 0.4) is 0 Å². The summed E-state index contributed by atoms with van der Waals surface area (Å²) >= 11 is 0. The average molecular weight is 348 g/mol. The predicted molar refractivity (Wildman–Crippen MR) is 84.0 cm³/mol. The molecule has 1 heterocycles. The van der Waals surface area contributed by atoms with Gasteiger partial charge in [0.25, 0.3) is 0 Å². The lowest BCUT2D eigenvalue weighted by Gasteiger charge is -2.36. The molecule has 0 radical (unpaired) electrons. The summed E-state index contributed by atoms with van der Waals surface area (Å²) in [5, 5.41) is 3.15. The largest absolute Gasteiger partial charge is 0.496 e. The van der Waals surface area contributed by atoms with Crippen molar-refractivity contribution in [1.29, 1.82) is 0 Å². The van der Waals surface area contributed by atoms with E-state index in [1.54, 1.807) is 12.1 Å². The third-order valence-corrected chi connectivity index (χ3v) is 4.10. The van der Waals surface area contributed by atoms with Gasteiger partial charge in [-0.3, -0.25) is 4.90 Å². The quantitative estimate of drug-likeness (QED) is 0.856. The molecule has 0 saturated carbocycles. The van der Waals surface area contributed by atoms with Crippen LogP contribution >= 0.6 is 0 Å². The van der Waals surface area contributed by atoms with Crippen LogP contribution in [-0.4, -0.2) is 58.6 Å². The minimum atomic E-state index is -4.30. The van der Waals surface area contributed by atoms with Gasteiger partial charge >= 0.3 is 6.18 Å². The highest BCUT2D eigenvalue weighted by molar-refractivity contribution is 5.52. The Bertz CT molecular complexity index is 521. The van der Waals surface area contributed by atoms with E-state index in [-0.39, 0.29) is 0 Å². The normalized spacial score (nSPS) is 17.4. The van der Waals surface area contributed by atoms with E-state index in [0.29, 0.717) is 49.0 Å². The Labute approximate surface area is 139 Å². The minimum Gasteiger partial charge on any atom is -0.496 e. The molecule has 0 bridgehead atoms. The standard InChI is InChI=1S/C16H23F3N2O3/c1-22-11-8-13(23-2)15(14(9-11)24-3)12(10-16(17,18)19)21-6-4-20-5-7-21/h8-9,12,20H,4-7,10H2,1-3H3/t12-/m1/s1. The Morgan fingerprint density at radius 2 is 1.58 bits per heavy atom. The van der Waals surface area contributed by atoms with Crippen LogP contribution in [0.25, 0.3) is 0 Å². The average Bonchev–Trinajstić information content (AvgIpc) is 2.58. The molecule has 2 rings (SSSR count). The van der Waals surface area contributed by atoms with E-state index in [0.717, 1.165) is 0 Å². The molecule has 1 aliphatic rings. The Hall–Kier alpha value is -1.67. The van der Waals surface area contributed by atoms with Gasteiger partial charge in [0.1, 0.15) is 17.2 Å². The summed E-state index contributed by atoms with van der Waals surface area (Å²) in [4.78, 5) is 1.82. The Morgan fingerprint density at radius 3 is 2.00 bits per heavy atom. The summed E-state index contributed by atoms with van der Waals surface area (Å²) in [5.74, 6) is 1.14. The predicted octanol–water partition coefficient (Wildman–Crippen LogP) is 2.61. The summed E-state index contributed by atoms with van der Waals surface area (Å²) in [6.07, 6.45) is -5.27. The van der Waals surface area contributed by atoms with Crippen LogP contribution in [0.4, 0.5) is 13.2 Å². The van der Waals surface area contributed by atoms with E-state index in [4.69, 9.17) is 14.2 Å².